The van der Waals surface area contributed by atoms with Gasteiger partial charge in [-0.2, -0.15) is 0 Å². The summed E-state index contributed by atoms with van der Waals surface area (Å²) < 4.78 is 21.3. The predicted octanol–water partition coefficient (Wildman–Crippen LogP) is 2.92. The summed E-state index contributed by atoms with van der Waals surface area (Å²) >= 11 is 5.81. The zero-order valence-corrected chi connectivity index (χ0v) is 10.5. The van der Waals surface area contributed by atoms with E-state index in [1.807, 2.05) is 24.3 Å². The van der Waals surface area contributed by atoms with Gasteiger partial charge in [0.15, 0.2) is 0 Å². The summed E-state index contributed by atoms with van der Waals surface area (Å²) in [6, 6.07) is 15.9. The molecule has 87 valence electrons. The lowest BCUT2D eigenvalue weighted by Gasteiger charge is -2.03. The lowest BCUT2D eigenvalue weighted by atomic mass is 10.0. The predicted molar refractivity (Wildman–Crippen MR) is 69.7 cm³/mol. The quantitative estimate of drug-likeness (QED) is 0.866. The molecule has 0 saturated carbocycles. The highest BCUT2D eigenvalue weighted by Gasteiger charge is 2.01. The van der Waals surface area contributed by atoms with E-state index in [4.69, 9.17) is 11.6 Å². The average Bonchev–Trinajstić information content (AvgIpc) is 2.29. The van der Waals surface area contributed by atoms with Crippen molar-refractivity contribution in [2.24, 2.45) is 0 Å². The maximum absolute atomic E-state index is 10.7. The van der Waals surface area contributed by atoms with Gasteiger partial charge in [0.1, 0.15) is 10.7 Å². The van der Waals surface area contributed by atoms with Gasteiger partial charge in [-0.05, 0) is 34.9 Å². The van der Waals surface area contributed by atoms with Crippen LogP contribution in [0.15, 0.2) is 42.5 Å². The molecule has 4 heteroatoms. The van der Waals surface area contributed by atoms with Gasteiger partial charge in [0.2, 0.25) is 0 Å². The molecule has 0 amide bonds. The van der Waals surface area contributed by atoms with Crippen LogP contribution in [0.25, 0.3) is 11.1 Å². The number of hydrogen-bond donors (Lipinski definition) is 1. The van der Waals surface area contributed by atoms with Crippen molar-refractivity contribution in [1.82, 2.24) is 0 Å². The Hall–Kier alpha value is -1.32. The van der Waals surface area contributed by atoms with Gasteiger partial charge in [-0.25, -0.2) is 8.42 Å². The summed E-state index contributed by atoms with van der Waals surface area (Å²) in [5, 5.41) is 0.674. The molecule has 0 N–H and O–H groups in total. The van der Waals surface area contributed by atoms with Crippen LogP contribution >= 0.6 is 11.6 Å². The summed E-state index contributed by atoms with van der Waals surface area (Å²) in [5.41, 5.74) is 2.52. The highest BCUT2D eigenvalue weighted by Crippen LogP contribution is 2.22. The first-order valence-corrected chi connectivity index (χ1v) is 6.78. The number of halogens is 1. The molecule has 0 bridgehead atoms. The van der Waals surface area contributed by atoms with E-state index in [2.05, 4.69) is 6.07 Å². The van der Waals surface area contributed by atoms with Crippen LogP contribution in [-0.2, 0) is 16.5 Å². The van der Waals surface area contributed by atoms with Crippen molar-refractivity contribution >= 4 is 22.3 Å². The Balaban J connectivity index is 2.35. The molecule has 0 aliphatic heterocycles. The van der Waals surface area contributed by atoms with E-state index >= 15 is 0 Å². The molecule has 2 nitrogen and oxygen atoms in total. The fourth-order valence-electron chi connectivity index (χ4n) is 1.55. The molecule has 0 fully saturated rings. The average molecular weight is 266 g/mol. The van der Waals surface area contributed by atoms with Crippen LogP contribution in [0.1, 0.15) is 5.56 Å². The Kier molecular flexibility index (Phi) is 3.82. The third-order valence-corrected chi connectivity index (χ3v) is 3.16. The maximum atomic E-state index is 10.7. The number of thiol groups is 1. The van der Waals surface area contributed by atoms with E-state index in [1.54, 1.807) is 18.2 Å². The van der Waals surface area contributed by atoms with Gasteiger partial charge in [0.25, 0.3) is 0 Å². The molecule has 0 aliphatic rings. The van der Waals surface area contributed by atoms with E-state index in [1.165, 1.54) is 0 Å². The topological polar surface area (TPSA) is 34.1 Å². The first-order chi connectivity index (χ1) is 8.15. The van der Waals surface area contributed by atoms with Gasteiger partial charge >= 0.3 is 0 Å². The molecule has 17 heavy (non-hydrogen) atoms. The summed E-state index contributed by atoms with van der Waals surface area (Å²) in [6.45, 7) is 0. The van der Waals surface area contributed by atoms with Gasteiger partial charge in [-0.15, -0.1) is 0 Å². The van der Waals surface area contributed by atoms with Crippen LogP contribution in [0.4, 0.5) is 0 Å². The largest absolute Gasteiger partial charge is 0.232 e. The van der Waals surface area contributed by atoms with Crippen molar-refractivity contribution in [3.05, 3.63) is 59.1 Å². The molecule has 1 radical (unpaired) electrons. The van der Waals surface area contributed by atoms with Gasteiger partial charge in [-0.1, -0.05) is 41.9 Å². The van der Waals surface area contributed by atoms with E-state index in [9.17, 15) is 8.42 Å². The highest BCUT2D eigenvalue weighted by molar-refractivity contribution is 7.71. The zero-order chi connectivity index (χ0) is 12.3. The molecule has 0 unspecified atom stereocenters. The summed E-state index contributed by atoms with van der Waals surface area (Å²) in [5.74, 6) is 0.0246. The molecule has 0 heterocycles. The Morgan fingerprint density at radius 1 is 1.06 bits per heavy atom. The Morgan fingerprint density at radius 2 is 1.76 bits per heavy atom. The van der Waals surface area contributed by atoms with Crippen LogP contribution in [-0.4, -0.2) is 8.42 Å². The third-order valence-electron chi connectivity index (χ3n) is 2.31. The summed E-state index contributed by atoms with van der Waals surface area (Å²) in [6.07, 6.45) is 0. The molecule has 2 aromatic carbocycles. The number of rotatable bonds is 3. The second kappa shape index (κ2) is 5.34. The molecule has 0 spiro atoms. The van der Waals surface area contributed by atoms with Crippen LogP contribution in [0.2, 0.25) is 5.02 Å². The van der Waals surface area contributed by atoms with Crippen LogP contribution in [0.3, 0.4) is 0 Å². The minimum atomic E-state index is -2.42. The smallest absolute Gasteiger partial charge is 0.144 e. The Labute approximate surface area is 107 Å². The first kappa shape index (κ1) is 12.1. The first-order valence-electron chi connectivity index (χ1n) is 5.04. The molecule has 0 aliphatic carbocycles. The van der Waals surface area contributed by atoms with Crippen molar-refractivity contribution in [2.45, 2.75) is 5.75 Å². The number of benzene rings is 2. The van der Waals surface area contributed by atoms with Crippen molar-refractivity contribution in [1.29, 1.82) is 0 Å². The van der Waals surface area contributed by atoms with Crippen molar-refractivity contribution in [2.75, 3.05) is 0 Å². The van der Waals surface area contributed by atoms with Gasteiger partial charge in [-0.3, -0.25) is 0 Å². The number of hydrogen-bond acceptors (Lipinski definition) is 2. The van der Waals surface area contributed by atoms with Crippen molar-refractivity contribution in [3.8, 4) is 11.1 Å². The molecule has 0 atom stereocenters. The standard InChI is InChI=1S/C13H10ClO2S/c14-13-6-4-11(5-7-13)12-3-1-2-10(8-12)9-17(15)16/h1-7,17H,9H2. The lowest BCUT2D eigenvalue weighted by molar-refractivity contribution is 0.614. The monoisotopic (exact) mass is 265 g/mol. The molecule has 2 aromatic rings. The summed E-state index contributed by atoms with van der Waals surface area (Å²) in [4.78, 5) is 0. The van der Waals surface area contributed by atoms with Gasteiger partial charge in [0.05, 0.1) is 5.75 Å². The Bertz CT molecular complexity index is 581. The summed E-state index contributed by atoms with van der Waals surface area (Å²) in [7, 11) is -2.42. The van der Waals surface area contributed by atoms with Crippen molar-refractivity contribution in [3.63, 3.8) is 0 Å². The fourth-order valence-corrected chi connectivity index (χ4v) is 2.13. The van der Waals surface area contributed by atoms with E-state index in [-0.39, 0.29) is 5.75 Å². The van der Waals surface area contributed by atoms with Crippen LogP contribution in [0, 0.1) is 6.07 Å². The molecular formula is C13H10ClO2S. The highest BCUT2D eigenvalue weighted by atomic mass is 35.5. The normalized spacial score (nSPS) is 10.7. The second-order valence-corrected chi connectivity index (χ2v) is 5.01. The molecule has 0 saturated heterocycles. The fraction of sp³-hybridized carbons (Fsp3) is 0.0769. The van der Waals surface area contributed by atoms with Crippen LogP contribution < -0.4 is 0 Å². The SMILES string of the molecule is O=[SH](=O)Cc1[c]c(-c2ccc(Cl)cc2)ccc1. The minimum Gasteiger partial charge on any atom is -0.232 e. The maximum Gasteiger partial charge on any atom is 0.144 e. The van der Waals surface area contributed by atoms with E-state index < -0.39 is 10.7 Å². The van der Waals surface area contributed by atoms with E-state index in [0.717, 1.165) is 11.1 Å². The van der Waals surface area contributed by atoms with Crippen LogP contribution in [0.5, 0.6) is 0 Å². The molecule has 2 rings (SSSR count). The van der Waals surface area contributed by atoms with Gasteiger partial charge in [0, 0.05) is 5.02 Å². The molecule has 0 aromatic heterocycles. The molecular weight excluding hydrogens is 256 g/mol. The van der Waals surface area contributed by atoms with E-state index in [0.29, 0.717) is 10.6 Å². The minimum absolute atomic E-state index is 0.0246. The lowest BCUT2D eigenvalue weighted by Crippen LogP contribution is -1.88. The Morgan fingerprint density at radius 3 is 2.41 bits per heavy atom. The van der Waals surface area contributed by atoms with Gasteiger partial charge < -0.3 is 0 Å². The second-order valence-electron chi connectivity index (χ2n) is 3.59. The third kappa shape index (κ3) is 3.32. The zero-order valence-electron chi connectivity index (χ0n) is 8.89. The van der Waals surface area contributed by atoms with Crippen molar-refractivity contribution < 1.29 is 8.42 Å².